The first-order chi connectivity index (χ1) is 8.79. The molecule has 0 saturated heterocycles. The minimum atomic E-state index is -4.29. The largest absolute Gasteiger partial charge is 0.414 e. The fourth-order valence-corrected chi connectivity index (χ4v) is 2.29. The number of thiophene rings is 1. The van der Waals surface area contributed by atoms with E-state index in [2.05, 4.69) is 19.2 Å². The second kappa shape index (κ2) is 7.26. The molecule has 0 aliphatic heterocycles. The second-order valence-electron chi connectivity index (χ2n) is 4.89. The van der Waals surface area contributed by atoms with Crippen LogP contribution in [0.15, 0.2) is 12.1 Å². The van der Waals surface area contributed by atoms with E-state index in [4.69, 9.17) is 4.74 Å². The third-order valence-electron chi connectivity index (χ3n) is 2.51. The maximum atomic E-state index is 12.3. The zero-order chi connectivity index (χ0) is 14.5. The van der Waals surface area contributed by atoms with E-state index in [1.54, 1.807) is 0 Å². The molecule has 0 fully saturated rings. The Balaban J connectivity index is 2.34. The molecule has 2 nitrogen and oxygen atoms in total. The van der Waals surface area contributed by atoms with Gasteiger partial charge in [-0.05, 0) is 31.5 Å². The standard InChI is InChI=1S/C13H20F3NOS/c1-9(2)6-17-7-11-4-5-12(19-11)8-18-10(3)13(14,15)16/h4-5,9-10,17H,6-8H2,1-3H3. The summed E-state index contributed by atoms with van der Waals surface area (Å²) in [6.07, 6.45) is -6.02. The summed E-state index contributed by atoms with van der Waals surface area (Å²) in [7, 11) is 0. The van der Waals surface area contributed by atoms with Crippen molar-refractivity contribution in [3.05, 3.63) is 21.9 Å². The summed E-state index contributed by atoms with van der Waals surface area (Å²) in [5.41, 5.74) is 0. The molecule has 1 aromatic heterocycles. The second-order valence-corrected chi connectivity index (χ2v) is 6.14. The molecule has 1 N–H and O–H groups in total. The Morgan fingerprint density at radius 2 is 1.84 bits per heavy atom. The van der Waals surface area contributed by atoms with E-state index in [9.17, 15) is 13.2 Å². The predicted molar refractivity (Wildman–Crippen MR) is 71.2 cm³/mol. The molecule has 1 aromatic rings. The molecule has 0 amide bonds. The normalized spacial score (nSPS) is 14.1. The van der Waals surface area contributed by atoms with Gasteiger partial charge < -0.3 is 10.1 Å². The number of hydrogen-bond acceptors (Lipinski definition) is 3. The van der Waals surface area contributed by atoms with Gasteiger partial charge in [-0.25, -0.2) is 0 Å². The highest BCUT2D eigenvalue weighted by molar-refractivity contribution is 7.11. The highest BCUT2D eigenvalue weighted by Crippen LogP contribution is 2.24. The minimum Gasteiger partial charge on any atom is -0.364 e. The van der Waals surface area contributed by atoms with Crippen molar-refractivity contribution in [2.45, 2.75) is 46.2 Å². The molecule has 6 heteroatoms. The number of nitrogens with one attached hydrogen (secondary N) is 1. The summed E-state index contributed by atoms with van der Waals surface area (Å²) in [5, 5.41) is 3.29. The average Bonchev–Trinajstić information content (AvgIpc) is 2.72. The molecule has 1 atom stereocenters. The summed E-state index contributed by atoms with van der Waals surface area (Å²) in [6, 6.07) is 3.75. The summed E-state index contributed by atoms with van der Waals surface area (Å²) < 4.78 is 41.6. The Morgan fingerprint density at radius 1 is 1.21 bits per heavy atom. The molecule has 0 bridgehead atoms. The maximum absolute atomic E-state index is 12.3. The average molecular weight is 295 g/mol. The highest BCUT2D eigenvalue weighted by atomic mass is 32.1. The zero-order valence-corrected chi connectivity index (χ0v) is 12.2. The Morgan fingerprint density at radius 3 is 2.42 bits per heavy atom. The van der Waals surface area contributed by atoms with Gasteiger partial charge in [0.2, 0.25) is 0 Å². The fraction of sp³-hybridized carbons (Fsp3) is 0.692. The van der Waals surface area contributed by atoms with Gasteiger partial charge in [-0.1, -0.05) is 13.8 Å². The minimum absolute atomic E-state index is 0.00945. The molecule has 0 radical (unpaired) electrons. The van der Waals surface area contributed by atoms with Crippen molar-refractivity contribution in [1.82, 2.24) is 5.32 Å². The number of hydrogen-bond donors (Lipinski definition) is 1. The van der Waals surface area contributed by atoms with E-state index < -0.39 is 12.3 Å². The van der Waals surface area contributed by atoms with Crippen LogP contribution in [0.5, 0.6) is 0 Å². The first-order valence-corrected chi connectivity index (χ1v) is 7.07. The number of halogens is 3. The lowest BCUT2D eigenvalue weighted by Gasteiger charge is -2.15. The molecule has 0 aromatic carbocycles. The van der Waals surface area contributed by atoms with Crippen LogP contribution in [0.25, 0.3) is 0 Å². The maximum Gasteiger partial charge on any atom is 0.414 e. The molecule has 0 saturated carbocycles. The predicted octanol–water partition coefficient (Wildman–Crippen LogP) is 3.96. The van der Waals surface area contributed by atoms with Gasteiger partial charge in [0.15, 0.2) is 6.10 Å². The van der Waals surface area contributed by atoms with E-state index in [1.165, 1.54) is 11.3 Å². The van der Waals surface area contributed by atoms with Crippen LogP contribution in [-0.4, -0.2) is 18.8 Å². The van der Waals surface area contributed by atoms with E-state index in [0.29, 0.717) is 5.92 Å². The van der Waals surface area contributed by atoms with Crippen LogP contribution >= 0.6 is 11.3 Å². The van der Waals surface area contributed by atoms with Gasteiger partial charge in [0, 0.05) is 16.3 Å². The highest BCUT2D eigenvalue weighted by Gasteiger charge is 2.36. The quantitative estimate of drug-likeness (QED) is 0.822. The van der Waals surface area contributed by atoms with E-state index in [-0.39, 0.29) is 6.61 Å². The van der Waals surface area contributed by atoms with Crippen LogP contribution in [0, 0.1) is 5.92 Å². The summed E-state index contributed by atoms with van der Waals surface area (Å²) in [5.74, 6) is 0.579. The molecule has 110 valence electrons. The molecular weight excluding hydrogens is 275 g/mol. The van der Waals surface area contributed by atoms with Crippen molar-refractivity contribution in [1.29, 1.82) is 0 Å². The molecule has 0 aliphatic carbocycles. The first-order valence-electron chi connectivity index (χ1n) is 6.25. The zero-order valence-electron chi connectivity index (χ0n) is 11.4. The Kier molecular flexibility index (Phi) is 6.29. The SMILES string of the molecule is CC(C)CNCc1ccc(COC(C)C(F)(F)F)s1. The Hall–Kier alpha value is -0.590. The van der Waals surface area contributed by atoms with Gasteiger partial charge in [0.25, 0.3) is 0 Å². The number of ether oxygens (including phenoxy) is 1. The molecule has 19 heavy (non-hydrogen) atoms. The van der Waals surface area contributed by atoms with Crippen molar-refractivity contribution in [3.8, 4) is 0 Å². The topological polar surface area (TPSA) is 21.3 Å². The smallest absolute Gasteiger partial charge is 0.364 e. The summed E-state index contributed by atoms with van der Waals surface area (Å²) >= 11 is 1.48. The molecule has 0 aliphatic rings. The van der Waals surface area contributed by atoms with Gasteiger partial charge in [0.1, 0.15) is 0 Å². The molecule has 1 rings (SSSR count). The van der Waals surface area contributed by atoms with Crippen LogP contribution in [0.3, 0.4) is 0 Å². The van der Waals surface area contributed by atoms with Gasteiger partial charge in [-0.15, -0.1) is 11.3 Å². The number of rotatable bonds is 7. The van der Waals surface area contributed by atoms with E-state index >= 15 is 0 Å². The Bertz CT molecular complexity index is 376. The van der Waals surface area contributed by atoms with Crippen molar-refractivity contribution >= 4 is 11.3 Å². The van der Waals surface area contributed by atoms with Crippen molar-refractivity contribution in [2.75, 3.05) is 6.54 Å². The molecule has 1 heterocycles. The lowest BCUT2D eigenvalue weighted by molar-refractivity contribution is -0.217. The molecule has 1 unspecified atom stereocenters. The van der Waals surface area contributed by atoms with E-state index in [1.807, 2.05) is 12.1 Å². The van der Waals surface area contributed by atoms with E-state index in [0.717, 1.165) is 29.8 Å². The third kappa shape index (κ3) is 6.40. The van der Waals surface area contributed by atoms with Crippen molar-refractivity contribution in [2.24, 2.45) is 5.92 Å². The molecular formula is C13H20F3NOS. The van der Waals surface area contributed by atoms with Crippen LogP contribution in [0.4, 0.5) is 13.2 Å². The van der Waals surface area contributed by atoms with Gasteiger partial charge in [-0.2, -0.15) is 13.2 Å². The lowest BCUT2D eigenvalue weighted by Crippen LogP contribution is -2.28. The third-order valence-corrected chi connectivity index (χ3v) is 3.56. The summed E-state index contributed by atoms with van der Waals surface area (Å²) in [4.78, 5) is 1.93. The molecule has 0 spiro atoms. The van der Waals surface area contributed by atoms with Crippen LogP contribution in [0.2, 0.25) is 0 Å². The monoisotopic (exact) mass is 295 g/mol. The van der Waals surface area contributed by atoms with Gasteiger partial charge >= 0.3 is 6.18 Å². The first kappa shape index (κ1) is 16.5. The van der Waals surface area contributed by atoms with Gasteiger partial charge in [0.05, 0.1) is 6.61 Å². The van der Waals surface area contributed by atoms with Crippen molar-refractivity contribution < 1.29 is 17.9 Å². The fourth-order valence-electron chi connectivity index (χ4n) is 1.38. The number of alkyl halides is 3. The van der Waals surface area contributed by atoms with Gasteiger partial charge in [-0.3, -0.25) is 0 Å². The lowest BCUT2D eigenvalue weighted by atomic mass is 10.2. The van der Waals surface area contributed by atoms with Crippen LogP contribution in [0.1, 0.15) is 30.5 Å². The van der Waals surface area contributed by atoms with Crippen LogP contribution in [-0.2, 0) is 17.9 Å². The van der Waals surface area contributed by atoms with Crippen molar-refractivity contribution in [3.63, 3.8) is 0 Å². The van der Waals surface area contributed by atoms with Crippen LogP contribution < -0.4 is 5.32 Å². The Labute approximate surface area is 116 Å². The summed E-state index contributed by atoms with van der Waals surface area (Å²) in [6.45, 7) is 6.96.